The second-order valence-electron chi connectivity index (χ2n) is 21.8. The molecule has 0 atom stereocenters. The molecule has 14 aromatic carbocycles. The first-order valence-electron chi connectivity index (χ1n) is 28.6. The lowest BCUT2D eigenvalue weighted by atomic mass is 9.83. The zero-order valence-electron chi connectivity index (χ0n) is 45.4. The summed E-state index contributed by atoms with van der Waals surface area (Å²) < 4.78 is 5.07. The number of aromatic nitrogens is 2. The molecule has 0 unspecified atom stereocenters. The van der Waals surface area contributed by atoms with Crippen LogP contribution in [0.5, 0.6) is 0 Å². The van der Waals surface area contributed by atoms with Crippen molar-refractivity contribution in [2.24, 2.45) is 0 Å². The molecule has 0 saturated carbocycles. The third-order valence-electron chi connectivity index (χ3n) is 17.2. The largest absolute Gasteiger partial charge is 0.255 e. The van der Waals surface area contributed by atoms with Crippen LogP contribution in [0.25, 0.3) is 172 Å². The Bertz CT molecular complexity index is 5650. The van der Waals surface area contributed by atoms with Crippen molar-refractivity contribution in [2.45, 2.75) is 0 Å². The third kappa shape index (κ3) is 7.76. The van der Waals surface area contributed by atoms with E-state index >= 15 is 0 Å². The highest BCUT2D eigenvalue weighted by Crippen LogP contribution is 2.50. The Labute approximate surface area is 492 Å². The van der Waals surface area contributed by atoms with Crippen LogP contribution in [0, 0.1) is 0 Å². The fraction of sp³-hybridized carbons (Fsp3) is 0. The van der Waals surface area contributed by atoms with Crippen molar-refractivity contribution in [1.82, 2.24) is 9.97 Å². The molecule has 0 aliphatic rings. The average molecular weight is 1100 g/mol. The van der Waals surface area contributed by atoms with E-state index in [1.165, 1.54) is 155 Å². The van der Waals surface area contributed by atoms with Gasteiger partial charge in [-0.3, -0.25) is 9.97 Å². The summed E-state index contributed by atoms with van der Waals surface area (Å²) in [6.07, 6.45) is 3.94. The van der Waals surface area contributed by atoms with E-state index in [1.54, 1.807) is 0 Å². The van der Waals surface area contributed by atoms with Gasteiger partial charge in [0.1, 0.15) is 0 Å². The fourth-order valence-electron chi connectivity index (χ4n) is 13.4. The Morgan fingerprint density at radius 1 is 0.214 bits per heavy atom. The van der Waals surface area contributed by atoms with Crippen LogP contribution in [0.15, 0.2) is 291 Å². The van der Waals surface area contributed by atoms with Crippen LogP contribution in [0.3, 0.4) is 0 Å². The van der Waals surface area contributed by atoms with E-state index < -0.39 is 0 Å². The number of hydrogen-bond acceptors (Lipinski definition) is 4. The number of nitrogens with zero attached hydrogens (tertiary/aromatic N) is 2. The number of thiophene rings is 2. The van der Waals surface area contributed by atoms with Gasteiger partial charge in [0.25, 0.3) is 0 Å². The summed E-state index contributed by atoms with van der Waals surface area (Å²) in [7, 11) is 0. The molecule has 4 heteroatoms. The Balaban J connectivity index is 0.000000136. The highest BCUT2D eigenvalue weighted by molar-refractivity contribution is 7.26. The lowest BCUT2D eigenvalue weighted by Crippen LogP contribution is -1.93. The van der Waals surface area contributed by atoms with E-state index in [4.69, 9.17) is 9.97 Å². The van der Waals surface area contributed by atoms with Gasteiger partial charge in [0.05, 0.1) is 20.8 Å². The van der Waals surface area contributed by atoms with Gasteiger partial charge in [-0.05, 0) is 151 Å². The molecule has 84 heavy (non-hydrogen) atoms. The molecule has 0 fully saturated rings. The van der Waals surface area contributed by atoms with E-state index in [2.05, 4.69) is 279 Å². The van der Waals surface area contributed by atoms with Crippen molar-refractivity contribution in [1.29, 1.82) is 0 Å². The van der Waals surface area contributed by atoms with E-state index in [0.29, 0.717) is 0 Å². The number of pyridine rings is 2. The van der Waals surface area contributed by atoms with E-state index in [-0.39, 0.29) is 0 Å². The topological polar surface area (TPSA) is 25.8 Å². The highest BCUT2D eigenvalue weighted by Gasteiger charge is 2.23. The van der Waals surface area contributed by atoms with E-state index in [0.717, 1.165) is 17.0 Å². The first-order valence-corrected chi connectivity index (χ1v) is 30.2. The second kappa shape index (κ2) is 19.7. The van der Waals surface area contributed by atoms with Crippen molar-refractivity contribution in [3.8, 4) is 55.9 Å². The predicted molar refractivity (Wildman–Crippen MR) is 364 cm³/mol. The fourth-order valence-corrected chi connectivity index (χ4v) is 15.8. The van der Waals surface area contributed by atoms with Gasteiger partial charge >= 0.3 is 0 Å². The molecule has 0 N–H and O–H groups in total. The van der Waals surface area contributed by atoms with Crippen LogP contribution >= 0.6 is 22.7 Å². The first kappa shape index (κ1) is 48.4. The zero-order valence-corrected chi connectivity index (χ0v) is 47.1. The van der Waals surface area contributed by atoms with Crippen LogP contribution in [0.2, 0.25) is 0 Å². The average Bonchev–Trinajstić information content (AvgIpc) is 2.10. The summed E-state index contributed by atoms with van der Waals surface area (Å²) >= 11 is 3.67. The zero-order chi connectivity index (χ0) is 55.2. The lowest BCUT2D eigenvalue weighted by Gasteiger charge is -2.20. The molecule has 390 valence electrons. The molecule has 4 aromatic heterocycles. The monoisotopic (exact) mass is 1100 g/mol. The molecule has 0 aliphatic carbocycles. The van der Waals surface area contributed by atoms with Crippen molar-refractivity contribution < 1.29 is 0 Å². The quantitative estimate of drug-likeness (QED) is 0.161. The molecular formula is C80H48N2S2. The molecular weight excluding hydrogens is 1050 g/mol. The molecule has 18 aromatic rings. The van der Waals surface area contributed by atoms with E-state index in [1.807, 2.05) is 35.1 Å². The van der Waals surface area contributed by atoms with Crippen LogP contribution in [0.1, 0.15) is 0 Å². The molecule has 2 nitrogen and oxygen atoms in total. The molecule has 0 spiro atoms. The molecule has 0 saturated heterocycles. The summed E-state index contributed by atoms with van der Waals surface area (Å²) in [5, 5.41) is 22.6. The van der Waals surface area contributed by atoms with Crippen molar-refractivity contribution in [3.05, 3.63) is 291 Å². The van der Waals surface area contributed by atoms with Crippen molar-refractivity contribution >= 4 is 138 Å². The van der Waals surface area contributed by atoms with Crippen LogP contribution < -0.4 is 0 Å². The third-order valence-corrected chi connectivity index (χ3v) is 19.6. The smallest absolute Gasteiger partial charge is 0.0892 e. The van der Waals surface area contributed by atoms with Gasteiger partial charge in [0.2, 0.25) is 0 Å². The minimum absolute atomic E-state index is 1.04. The van der Waals surface area contributed by atoms with Crippen LogP contribution in [0.4, 0.5) is 0 Å². The molecule has 0 amide bonds. The SMILES string of the molecule is c1ccc2cc(-c3c4ccccc4c(-c4cccc5ccccc45)c4ccc(-c5nccc6c5sc5ccccc56)cc34)ccc2c1.c1ccc2cc(-c3c4ccccc4c(-c4nccc5c4sc4ccccc45)c4ccccc34)ccc2c1. The van der Waals surface area contributed by atoms with Crippen molar-refractivity contribution in [3.63, 3.8) is 0 Å². The molecule has 0 bridgehead atoms. The minimum atomic E-state index is 1.04. The number of fused-ring (bicyclic) bond motifs is 13. The summed E-state index contributed by atoms with van der Waals surface area (Å²) in [5.74, 6) is 0. The Morgan fingerprint density at radius 3 is 1.17 bits per heavy atom. The Morgan fingerprint density at radius 2 is 0.607 bits per heavy atom. The number of rotatable bonds is 5. The van der Waals surface area contributed by atoms with Gasteiger partial charge in [-0.1, -0.05) is 237 Å². The molecule has 0 radical (unpaired) electrons. The maximum Gasteiger partial charge on any atom is 0.0892 e. The van der Waals surface area contributed by atoms with Crippen LogP contribution in [-0.2, 0) is 0 Å². The summed E-state index contributed by atoms with van der Waals surface area (Å²) in [4.78, 5) is 10.0. The predicted octanol–water partition coefficient (Wildman–Crippen LogP) is 23.3. The van der Waals surface area contributed by atoms with Gasteiger partial charge in [0.15, 0.2) is 0 Å². The summed E-state index contributed by atoms with van der Waals surface area (Å²) in [6, 6.07) is 102. The Hall–Kier alpha value is -10.4. The Kier molecular flexibility index (Phi) is 11.3. The van der Waals surface area contributed by atoms with Gasteiger partial charge < -0.3 is 0 Å². The summed E-state index contributed by atoms with van der Waals surface area (Å²) in [6.45, 7) is 0. The van der Waals surface area contributed by atoms with Crippen LogP contribution in [-0.4, -0.2) is 9.97 Å². The maximum absolute atomic E-state index is 5.03. The normalized spacial score (nSPS) is 11.8. The van der Waals surface area contributed by atoms with Gasteiger partial charge in [-0.15, -0.1) is 22.7 Å². The van der Waals surface area contributed by atoms with Gasteiger partial charge in [-0.2, -0.15) is 0 Å². The molecule has 0 aliphatic heterocycles. The number of hydrogen-bond donors (Lipinski definition) is 0. The lowest BCUT2D eigenvalue weighted by molar-refractivity contribution is 1.37. The molecule has 4 heterocycles. The van der Waals surface area contributed by atoms with Crippen molar-refractivity contribution in [2.75, 3.05) is 0 Å². The van der Waals surface area contributed by atoms with Gasteiger partial charge in [-0.25, -0.2) is 0 Å². The van der Waals surface area contributed by atoms with E-state index in [9.17, 15) is 0 Å². The minimum Gasteiger partial charge on any atom is -0.255 e. The maximum atomic E-state index is 5.03. The second-order valence-corrected chi connectivity index (χ2v) is 23.9. The summed E-state index contributed by atoms with van der Waals surface area (Å²) in [5.41, 5.74) is 12.0. The van der Waals surface area contributed by atoms with Gasteiger partial charge in [0, 0.05) is 54.5 Å². The molecule has 18 rings (SSSR count). The standard InChI is InChI=1S/C45H27NS.C35H21NS/c1-2-12-30-26-31(21-20-28(30)10-1)42-36-16-5-6-17-37(36)43(35-18-9-13-29-11-3-4-14-33(29)35)38-23-22-32(27-40(38)42)44-45-39(24-25-46-44)34-15-7-8-19-41(34)47-45;1-2-10-23-21-24(18-17-22(23)9-1)32-26-12-3-5-14-28(26)33(29-15-6-4-13-27(29)32)34-35-30(19-20-36-34)25-11-7-8-16-31(25)37-35/h1-27H;1-21H. The first-order chi connectivity index (χ1) is 41.7. The number of benzene rings is 14. The highest BCUT2D eigenvalue weighted by atomic mass is 32.1.